The van der Waals surface area contributed by atoms with Crippen LogP contribution in [0.5, 0.6) is 11.5 Å². The first-order valence-electron chi connectivity index (χ1n) is 6.92. The minimum atomic E-state index is -0.467. The average Bonchev–Trinajstić information content (AvgIpc) is 2.54. The first kappa shape index (κ1) is 15.7. The van der Waals surface area contributed by atoms with Crippen molar-refractivity contribution in [1.82, 2.24) is 4.90 Å². The summed E-state index contributed by atoms with van der Waals surface area (Å²) in [5.41, 5.74) is 7.42. The lowest BCUT2D eigenvalue weighted by molar-refractivity contribution is 0.202. The first-order chi connectivity index (χ1) is 10.6. The van der Waals surface area contributed by atoms with Crippen molar-refractivity contribution < 1.29 is 14.3 Å². The van der Waals surface area contributed by atoms with E-state index in [9.17, 15) is 4.79 Å². The van der Waals surface area contributed by atoms with Crippen LogP contribution in [0.1, 0.15) is 11.1 Å². The van der Waals surface area contributed by atoms with E-state index < -0.39 is 6.03 Å². The van der Waals surface area contributed by atoms with E-state index in [1.54, 1.807) is 19.1 Å². The van der Waals surface area contributed by atoms with Gasteiger partial charge in [0.2, 0.25) is 0 Å². The molecular weight excluding hydrogens is 280 g/mol. The van der Waals surface area contributed by atoms with Gasteiger partial charge in [0.05, 0.1) is 14.2 Å². The summed E-state index contributed by atoms with van der Waals surface area (Å²) >= 11 is 0. The van der Waals surface area contributed by atoms with Crippen LogP contribution in [-0.4, -0.2) is 25.2 Å². The Hall–Kier alpha value is -2.69. The molecule has 0 aliphatic heterocycles. The van der Waals surface area contributed by atoms with Crippen molar-refractivity contribution >= 4 is 6.03 Å². The molecule has 22 heavy (non-hydrogen) atoms. The third-order valence-corrected chi connectivity index (χ3v) is 3.33. The van der Waals surface area contributed by atoms with Crippen molar-refractivity contribution in [2.75, 3.05) is 14.2 Å². The highest BCUT2D eigenvalue weighted by molar-refractivity contribution is 5.72. The first-order valence-corrected chi connectivity index (χ1v) is 6.92. The molecule has 0 saturated heterocycles. The molecule has 5 nitrogen and oxygen atoms in total. The largest absolute Gasteiger partial charge is 0.497 e. The second-order valence-corrected chi connectivity index (χ2v) is 4.90. The van der Waals surface area contributed by atoms with Crippen LogP contribution in [0, 0.1) is 0 Å². The van der Waals surface area contributed by atoms with Crippen LogP contribution >= 0.6 is 0 Å². The zero-order valence-electron chi connectivity index (χ0n) is 12.8. The predicted molar refractivity (Wildman–Crippen MR) is 84.8 cm³/mol. The summed E-state index contributed by atoms with van der Waals surface area (Å²) in [6.07, 6.45) is 0. The molecule has 0 bridgehead atoms. The zero-order valence-corrected chi connectivity index (χ0v) is 12.8. The minimum absolute atomic E-state index is 0.420. The van der Waals surface area contributed by atoms with Crippen molar-refractivity contribution in [2.24, 2.45) is 5.73 Å². The standard InChI is InChI=1S/C17H20N2O3/c1-21-15-7-3-5-13(9-15)11-19(17(18)20)12-14-6-4-8-16(10-14)22-2/h3-10H,11-12H2,1-2H3,(H2,18,20). The van der Waals surface area contributed by atoms with Gasteiger partial charge in [0, 0.05) is 13.1 Å². The molecule has 5 heteroatoms. The number of hydrogen-bond acceptors (Lipinski definition) is 3. The highest BCUT2D eigenvalue weighted by Crippen LogP contribution is 2.18. The number of benzene rings is 2. The lowest BCUT2D eigenvalue weighted by Crippen LogP contribution is -2.34. The number of urea groups is 1. The maximum Gasteiger partial charge on any atom is 0.315 e. The van der Waals surface area contributed by atoms with Crippen LogP contribution in [0.15, 0.2) is 48.5 Å². The Balaban J connectivity index is 2.14. The summed E-state index contributed by atoms with van der Waals surface area (Å²) in [4.78, 5) is 13.3. The van der Waals surface area contributed by atoms with Crippen molar-refractivity contribution in [2.45, 2.75) is 13.1 Å². The molecule has 2 amide bonds. The molecular formula is C17H20N2O3. The SMILES string of the molecule is COc1cccc(CN(Cc2cccc(OC)c2)C(N)=O)c1. The van der Waals surface area contributed by atoms with Crippen LogP contribution in [0.25, 0.3) is 0 Å². The summed E-state index contributed by atoms with van der Waals surface area (Å²) < 4.78 is 10.4. The Morgan fingerprint density at radius 2 is 1.41 bits per heavy atom. The summed E-state index contributed by atoms with van der Waals surface area (Å²) in [5, 5.41) is 0. The molecule has 0 saturated carbocycles. The number of primary amides is 1. The van der Waals surface area contributed by atoms with Gasteiger partial charge in [-0.15, -0.1) is 0 Å². The lowest BCUT2D eigenvalue weighted by atomic mass is 10.1. The second-order valence-electron chi connectivity index (χ2n) is 4.90. The van der Waals surface area contributed by atoms with Gasteiger partial charge in [-0.05, 0) is 35.4 Å². The van der Waals surface area contributed by atoms with Gasteiger partial charge in [0.25, 0.3) is 0 Å². The van der Waals surface area contributed by atoms with Gasteiger partial charge in [-0.2, -0.15) is 0 Å². The second kappa shape index (κ2) is 7.36. The van der Waals surface area contributed by atoms with Gasteiger partial charge in [0.1, 0.15) is 11.5 Å². The lowest BCUT2D eigenvalue weighted by Gasteiger charge is -2.21. The Kier molecular flexibility index (Phi) is 5.25. The normalized spacial score (nSPS) is 10.1. The monoisotopic (exact) mass is 300 g/mol. The highest BCUT2D eigenvalue weighted by atomic mass is 16.5. The number of nitrogens with zero attached hydrogens (tertiary/aromatic N) is 1. The molecule has 0 spiro atoms. The van der Waals surface area contributed by atoms with Crippen molar-refractivity contribution in [3.63, 3.8) is 0 Å². The highest BCUT2D eigenvalue weighted by Gasteiger charge is 2.12. The van der Waals surface area contributed by atoms with Gasteiger partial charge in [-0.25, -0.2) is 4.79 Å². The molecule has 0 aromatic heterocycles. The Morgan fingerprint density at radius 3 is 1.77 bits per heavy atom. The van der Waals surface area contributed by atoms with Crippen molar-refractivity contribution in [1.29, 1.82) is 0 Å². The van der Waals surface area contributed by atoms with E-state index in [2.05, 4.69) is 0 Å². The molecule has 2 aromatic carbocycles. The molecule has 0 aliphatic carbocycles. The molecule has 0 unspecified atom stereocenters. The summed E-state index contributed by atoms with van der Waals surface area (Å²) in [7, 11) is 3.22. The van der Waals surface area contributed by atoms with Gasteiger partial charge in [0.15, 0.2) is 0 Å². The summed E-state index contributed by atoms with van der Waals surface area (Å²) in [6, 6.07) is 14.7. The minimum Gasteiger partial charge on any atom is -0.497 e. The molecule has 116 valence electrons. The third kappa shape index (κ3) is 4.15. The van der Waals surface area contributed by atoms with Crippen LogP contribution in [-0.2, 0) is 13.1 Å². The van der Waals surface area contributed by atoms with E-state index in [4.69, 9.17) is 15.2 Å². The van der Waals surface area contributed by atoms with Crippen molar-refractivity contribution in [3.05, 3.63) is 59.7 Å². The van der Waals surface area contributed by atoms with E-state index in [-0.39, 0.29) is 0 Å². The molecule has 0 radical (unpaired) electrons. The Morgan fingerprint density at radius 1 is 0.955 bits per heavy atom. The van der Waals surface area contributed by atoms with Crippen LogP contribution in [0.4, 0.5) is 4.79 Å². The number of rotatable bonds is 6. The maximum absolute atomic E-state index is 11.7. The topological polar surface area (TPSA) is 64.8 Å². The molecule has 0 fully saturated rings. The van der Waals surface area contributed by atoms with Crippen LogP contribution < -0.4 is 15.2 Å². The van der Waals surface area contributed by atoms with Gasteiger partial charge < -0.3 is 20.1 Å². The quantitative estimate of drug-likeness (QED) is 0.892. The van der Waals surface area contributed by atoms with E-state index in [1.807, 2.05) is 48.5 Å². The fraction of sp³-hybridized carbons (Fsp3) is 0.235. The number of hydrogen-bond donors (Lipinski definition) is 1. The Labute approximate surface area is 130 Å². The number of amides is 2. The molecule has 2 rings (SSSR count). The van der Waals surface area contributed by atoms with Crippen LogP contribution in [0.2, 0.25) is 0 Å². The number of carbonyl (C=O) groups is 1. The van der Waals surface area contributed by atoms with E-state index in [1.165, 1.54) is 0 Å². The average molecular weight is 300 g/mol. The summed E-state index contributed by atoms with van der Waals surface area (Å²) in [6.45, 7) is 0.841. The fourth-order valence-electron chi connectivity index (χ4n) is 2.19. The van der Waals surface area contributed by atoms with Crippen LogP contribution in [0.3, 0.4) is 0 Å². The van der Waals surface area contributed by atoms with Crippen molar-refractivity contribution in [3.8, 4) is 11.5 Å². The van der Waals surface area contributed by atoms with Gasteiger partial charge in [-0.1, -0.05) is 24.3 Å². The zero-order chi connectivity index (χ0) is 15.9. The number of nitrogens with two attached hydrogens (primary N) is 1. The van der Waals surface area contributed by atoms with Gasteiger partial charge >= 0.3 is 6.03 Å². The van der Waals surface area contributed by atoms with E-state index in [0.717, 1.165) is 22.6 Å². The van der Waals surface area contributed by atoms with E-state index >= 15 is 0 Å². The Bertz CT molecular complexity index is 594. The number of ether oxygens (including phenoxy) is 2. The number of methoxy groups -OCH3 is 2. The molecule has 2 aromatic rings. The maximum atomic E-state index is 11.7. The molecule has 0 aliphatic rings. The fourth-order valence-corrected chi connectivity index (χ4v) is 2.19. The molecule has 0 atom stereocenters. The third-order valence-electron chi connectivity index (χ3n) is 3.33. The molecule has 0 heterocycles. The molecule has 2 N–H and O–H groups in total. The number of carbonyl (C=O) groups excluding carboxylic acids is 1. The smallest absolute Gasteiger partial charge is 0.315 e. The van der Waals surface area contributed by atoms with E-state index in [0.29, 0.717) is 13.1 Å². The van der Waals surface area contributed by atoms with Gasteiger partial charge in [-0.3, -0.25) is 0 Å². The predicted octanol–water partition coefficient (Wildman–Crippen LogP) is 2.78. The summed E-state index contributed by atoms with van der Waals surface area (Å²) in [5.74, 6) is 1.51.